The van der Waals surface area contributed by atoms with E-state index in [0.717, 1.165) is 12.0 Å². The van der Waals surface area contributed by atoms with Crippen molar-refractivity contribution >= 4 is 22.5 Å². The van der Waals surface area contributed by atoms with Crippen molar-refractivity contribution in [2.75, 3.05) is 0 Å². The molecule has 2 aromatic heterocycles. The van der Waals surface area contributed by atoms with Crippen LogP contribution in [0.3, 0.4) is 0 Å². The number of carboxylic acid groups (broad SMARTS) is 1. The highest BCUT2D eigenvalue weighted by atomic mass is 16.4. The summed E-state index contributed by atoms with van der Waals surface area (Å²) in [6.07, 6.45) is 4.89. The van der Waals surface area contributed by atoms with E-state index in [0.29, 0.717) is 27.9 Å². The third-order valence-corrected chi connectivity index (χ3v) is 6.78. The summed E-state index contributed by atoms with van der Waals surface area (Å²) in [5.41, 5.74) is 2.64. The number of hydrogen-bond acceptors (Lipinski definition) is 5. The van der Waals surface area contributed by atoms with Crippen molar-refractivity contribution in [3.63, 3.8) is 0 Å². The molecule has 4 atom stereocenters. The van der Waals surface area contributed by atoms with E-state index in [1.807, 2.05) is 61.5 Å². The number of rotatable bonds is 3. The lowest BCUT2D eigenvalue weighted by molar-refractivity contribution is -0.143. The van der Waals surface area contributed by atoms with Gasteiger partial charge >= 0.3 is 5.97 Å². The summed E-state index contributed by atoms with van der Waals surface area (Å²) in [6, 6.07) is 15.0. The van der Waals surface area contributed by atoms with Crippen molar-refractivity contribution in [3.05, 3.63) is 82.4 Å². The molecular formula is C25H20N4O3. The molecule has 0 saturated heterocycles. The number of aromatic nitrogens is 4. The second kappa shape index (κ2) is 6.82. The second-order valence-electron chi connectivity index (χ2n) is 8.69. The fourth-order valence-corrected chi connectivity index (χ4v) is 5.27. The second-order valence-corrected chi connectivity index (χ2v) is 8.69. The molecule has 1 fully saturated rings. The Kier molecular flexibility index (Phi) is 4.02. The van der Waals surface area contributed by atoms with E-state index in [1.165, 1.54) is 0 Å². The van der Waals surface area contributed by atoms with Crippen molar-refractivity contribution in [3.8, 4) is 11.3 Å². The van der Waals surface area contributed by atoms with Crippen LogP contribution in [-0.2, 0) is 4.79 Å². The average molecular weight is 424 g/mol. The first-order valence-corrected chi connectivity index (χ1v) is 10.7. The van der Waals surface area contributed by atoms with E-state index in [-0.39, 0.29) is 23.4 Å². The lowest BCUT2D eigenvalue weighted by Gasteiger charge is -2.25. The van der Waals surface area contributed by atoms with Crippen LogP contribution < -0.4 is 5.56 Å². The molecule has 0 amide bonds. The van der Waals surface area contributed by atoms with Crippen LogP contribution in [0.5, 0.6) is 0 Å². The molecule has 0 radical (unpaired) electrons. The minimum absolute atomic E-state index is 0.0188. The third kappa shape index (κ3) is 2.70. The number of aliphatic carboxylic acids is 1. The van der Waals surface area contributed by atoms with Gasteiger partial charge in [-0.1, -0.05) is 54.1 Å². The Morgan fingerprint density at radius 1 is 1.03 bits per heavy atom. The molecule has 32 heavy (non-hydrogen) atoms. The first-order chi connectivity index (χ1) is 15.5. The zero-order valence-electron chi connectivity index (χ0n) is 17.3. The quantitative estimate of drug-likeness (QED) is 0.399. The van der Waals surface area contributed by atoms with E-state index in [2.05, 4.69) is 11.1 Å². The topological polar surface area (TPSA) is 97.5 Å². The summed E-state index contributed by atoms with van der Waals surface area (Å²) < 4.78 is 1.61. The van der Waals surface area contributed by atoms with Gasteiger partial charge in [0.05, 0.1) is 11.4 Å². The van der Waals surface area contributed by atoms with Crippen LogP contribution in [0.15, 0.2) is 65.5 Å². The lowest BCUT2D eigenvalue weighted by Crippen LogP contribution is -2.29. The SMILES string of the molecule is Cc1ccc(-c2nn3c([C@H]4[C@H](C(=O)O)[C@H]5C=C[C@H]4C5)nc4ccccc4c3nc2=O)cc1. The van der Waals surface area contributed by atoms with Gasteiger partial charge in [0.25, 0.3) is 5.56 Å². The van der Waals surface area contributed by atoms with E-state index >= 15 is 0 Å². The Morgan fingerprint density at radius 3 is 2.56 bits per heavy atom. The van der Waals surface area contributed by atoms with E-state index in [4.69, 9.17) is 10.1 Å². The molecule has 0 spiro atoms. The highest BCUT2D eigenvalue weighted by Gasteiger charge is 2.50. The Labute approximate surface area is 183 Å². The van der Waals surface area contributed by atoms with E-state index < -0.39 is 17.4 Å². The van der Waals surface area contributed by atoms with Crippen LogP contribution in [0.1, 0.15) is 23.7 Å². The number of aryl methyl sites for hydroxylation is 1. The summed E-state index contributed by atoms with van der Waals surface area (Å²) in [6.45, 7) is 1.98. The average Bonchev–Trinajstić information content (AvgIpc) is 3.41. The molecule has 4 aromatic rings. The van der Waals surface area contributed by atoms with Crippen LogP contribution in [0.4, 0.5) is 0 Å². The monoisotopic (exact) mass is 424 g/mol. The van der Waals surface area contributed by atoms with Crippen LogP contribution in [0.25, 0.3) is 27.8 Å². The molecule has 0 unspecified atom stereocenters. The van der Waals surface area contributed by atoms with Gasteiger partial charge in [0, 0.05) is 16.9 Å². The molecule has 6 rings (SSSR count). The molecule has 0 aliphatic heterocycles. The van der Waals surface area contributed by atoms with Gasteiger partial charge in [-0.2, -0.15) is 14.6 Å². The lowest BCUT2D eigenvalue weighted by atomic mass is 9.82. The highest BCUT2D eigenvalue weighted by molar-refractivity contribution is 5.91. The van der Waals surface area contributed by atoms with Crippen molar-refractivity contribution in [2.45, 2.75) is 19.3 Å². The Hall–Kier alpha value is -3.87. The molecule has 2 heterocycles. The van der Waals surface area contributed by atoms with Crippen LogP contribution in [0, 0.1) is 24.7 Å². The standard InChI is InChI=1S/C25H20N4O3/c1-13-6-8-14(9-7-13)21-24(30)27-22-17-4-2-3-5-18(17)26-23(29(22)28-21)19-15-10-11-16(12-15)20(19)25(31)32/h2-11,15-16,19-20H,12H2,1H3,(H,31,32)/t15-,16-,19+,20+/m0/s1. The first kappa shape index (κ1) is 18.9. The molecule has 2 aliphatic rings. The van der Waals surface area contributed by atoms with Gasteiger partial charge < -0.3 is 5.11 Å². The van der Waals surface area contributed by atoms with Gasteiger partial charge in [0.1, 0.15) is 5.82 Å². The van der Waals surface area contributed by atoms with Gasteiger partial charge in [-0.3, -0.25) is 9.59 Å². The minimum Gasteiger partial charge on any atom is -0.481 e. The number of nitrogens with zero attached hydrogens (tertiary/aromatic N) is 4. The number of allylic oxidation sites excluding steroid dienone is 2. The summed E-state index contributed by atoms with van der Waals surface area (Å²) in [5.74, 6) is -1.15. The first-order valence-electron chi connectivity index (χ1n) is 10.7. The Balaban J connectivity index is 1.67. The van der Waals surface area contributed by atoms with E-state index in [9.17, 15) is 14.7 Å². The number of carboxylic acids is 1. The molecular weight excluding hydrogens is 404 g/mol. The third-order valence-electron chi connectivity index (χ3n) is 6.78. The molecule has 7 heteroatoms. The molecule has 2 aromatic carbocycles. The number of fused-ring (bicyclic) bond motifs is 5. The van der Waals surface area contributed by atoms with Crippen molar-refractivity contribution in [2.24, 2.45) is 17.8 Å². The molecule has 2 bridgehead atoms. The van der Waals surface area contributed by atoms with Gasteiger partial charge in [-0.15, -0.1) is 0 Å². The Bertz CT molecular complexity index is 1490. The fraction of sp³-hybridized carbons (Fsp3) is 0.240. The van der Waals surface area contributed by atoms with Crippen LogP contribution >= 0.6 is 0 Å². The summed E-state index contributed by atoms with van der Waals surface area (Å²) in [7, 11) is 0. The van der Waals surface area contributed by atoms with Crippen molar-refractivity contribution in [1.82, 2.24) is 19.6 Å². The smallest absolute Gasteiger partial charge is 0.307 e. The van der Waals surface area contributed by atoms with Crippen LogP contribution in [0.2, 0.25) is 0 Å². The fourth-order valence-electron chi connectivity index (χ4n) is 5.27. The summed E-state index contributed by atoms with van der Waals surface area (Å²) >= 11 is 0. The molecule has 158 valence electrons. The largest absolute Gasteiger partial charge is 0.481 e. The molecule has 7 nitrogen and oxygen atoms in total. The molecule has 2 aliphatic carbocycles. The normalized spacial score (nSPS) is 23.9. The number of carbonyl (C=O) groups is 1. The predicted octanol–water partition coefficient (Wildman–Crippen LogP) is 3.60. The molecule has 1 saturated carbocycles. The summed E-state index contributed by atoms with van der Waals surface area (Å²) in [4.78, 5) is 34.5. The number of hydrogen-bond donors (Lipinski definition) is 1. The zero-order chi connectivity index (χ0) is 22.0. The van der Waals surface area contributed by atoms with Crippen molar-refractivity contribution in [1.29, 1.82) is 0 Å². The van der Waals surface area contributed by atoms with Gasteiger partial charge in [0.15, 0.2) is 11.3 Å². The molecule has 1 N–H and O–H groups in total. The highest BCUT2D eigenvalue weighted by Crippen LogP contribution is 2.52. The minimum atomic E-state index is -0.831. The summed E-state index contributed by atoms with van der Waals surface area (Å²) in [5, 5.41) is 15.4. The number of para-hydroxylation sites is 1. The Morgan fingerprint density at radius 2 is 1.78 bits per heavy atom. The van der Waals surface area contributed by atoms with Gasteiger partial charge in [-0.25, -0.2) is 4.98 Å². The zero-order valence-corrected chi connectivity index (χ0v) is 17.3. The van der Waals surface area contributed by atoms with Gasteiger partial charge in [0.2, 0.25) is 0 Å². The number of benzene rings is 2. The van der Waals surface area contributed by atoms with E-state index in [1.54, 1.807) is 4.52 Å². The maximum atomic E-state index is 13.0. The predicted molar refractivity (Wildman–Crippen MR) is 119 cm³/mol. The van der Waals surface area contributed by atoms with Crippen LogP contribution in [-0.4, -0.2) is 30.7 Å². The van der Waals surface area contributed by atoms with Gasteiger partial charge in [-0.05, 0) is 37.3 Å². The maximum Gasteiger partial charge on any atom is 0.307 e. The maximum absolute atomic E-state index is 13.0. The van der Waals surface area contributed by atoms with Crippen molar-refractivity contribution < 1.29 is 9.90 Å².